The van der Waals surface area contributed by atoms with E-state index in [1.165, 1.54) is 32.3 Å². The van der Waals surface area contributed by atoms with Gasteiger partial charge in [-0.2, -0.15) is 5.26 Å². The molecule has 4 heteroatoms. The van der Waals surface area contributed by atoms with Gasteiger partial charge in [0.1, 0.15) is 6.07 Å². The maximum Gasteiger partial charge on any atom is 0.236 e. The molecular weight excluding hydrogens is 524 g/mol. The fourth-order valence-electron chi connectivity index (χ4n) is 6.70. The molecule has 0 radical (unpaired) electrons. The first-order valence-corrected chi connectivity index (χ1v) is 14.3. The Bertz CT molecular complexity index is 2640. The summed E-state index contributed by atoms with van der Waals surface area (Å²) in [4.78, 5) is 9.80. The van der Waals surface area contributed by atoms with Gasteiger partial charge in [0.2, 0.25) is 5.95 Å². The van der Waals surface area contributed by atoms with Crippen LogP contribution in [0.2, 0.25) is 0 Å². The van der Waals surface area contributed by atoms with Crippen LogP contribution in [0.4, 0.5) is 0 Å². The van der Waals surface area contributed by atoms with Gasteiger partial charge < -0.3 is 0 Å². The fourth-order valence-corrected chi connectivity index (χ4v) is 6.70. The summed E-state index contributed by atoms with van der Waals surface area (Å²) in [5.41, 5.74) is 5.42. The molecule has 0 fully saturated rings. The molecular formula is C39H22N4. The van der Waals surface area contributed by atoms with E-state index in [9.17, 15) is 5.26 Å². The van der Waals surface area contributed by atoms with Crippen LogP contribution in [0.3, 0.4) is 0 Å². The van der Waals surface area contributed by atoms with Crippen molar-refractivity contribution < 1.29 is 0 Å². The quantitative estimate of drug-likeness (QED) is 0.203. The van der Waals surface area contributed by atoms with Crippen LogP contribution in [0.15, 0.2) is 133 Å². The zero-order chi connectivity index (χ0) is 28.5. The van der Waals surface area contributed by atoms with Crippen molar-refractivity contribution in [1.29, 1.82) is 5.26 Å². The third kappa shape index (κ3) is 3.43. The van der Waals surface area contributed by atoms with E-state index in [2.05, 4.69) is 114 Å². The van der Waals surface area contributed by atoms with Crippen molar-refractivity contribution in [3.8, 4) is 23.1 Å². The second-order valence-corrected chi connectivity index (χ2v) is 10.9. The Morgan fingerprint density at radius 1 is 0.512 bits per heavy atom. The van der Waals surface area contributed by atoms with Crippen LogP contribution in [-0.2, 0) is 0 Å². The predicted molar refractivity (Wildman–Crippen MR) is 177 cm³/mol. The standard InChI is InChI=1S/C39H22N4/c40-23-35-30-13-5-7-15-34(30)41-39(42-35)43-36-16-8-6-14-31(36)38-29-12-4-3-11-28(29)33(22-37(38)43)26-20-19-25-18-17-24-9-1-2-10-27(24)32(25)21-26/h1-22H. The zero-order valence-corrected chi connectivity index (χ0v) is 23.0. The highest BCUT2D eigenvalue weighted by Crippen LogP contribution is 2.42. The molecule has 9 aromatic rings. The first-order valence-electron chi connectivity index (χ1n) is 14.3. The van der Waals surface area contributed by atoms with E-state index in [1.807, 2.05) is 30.3 Å². The molecule has 198 valence electrons. The van der Waals surface area contributed by atoms with Crippen molar-refractivity contribution in [3.05, 3.63) is 139 Å². The van der Waals surface area contributed by atoms with Gasteiger partial charge in [-0.1, -0.05) is 103 Å². The smallest absolute Gasteiger partial charge is 0.236 e. The van der Waals surface area contributed by atoms with E-state index >= 15 is 0 Å². The SMILES string of the molecule is N#Cc1nc(-n2c3ccccc3c3c4ccccc4c(-c4ccc5ccc6ccccc6c5c4)cc32)nc2ccccc12. The van der Waals surface area contributed by atoms with E-state index in [0.717, 1.165) is 43.8 Å². The summed E-state index contributed by atoms with van der Waals surface area (Å²) in [6.45, 7) is 0. The van der Waals surface area contributed by atoms with Crippen molar-refractivity contribution in [2.24, 2.45) is 0 Å². The second-order valence-electron chi connectivity index (χ2n) is 10.9. The Kier molecular flexibility index (Phi) is 4.93. The lowest BCUT2D eigenvalue weighted by Gasteiger charge is -2.13. The number of aromatic nitrogens is 3. The van der Waals surface area contributed by atoms with E-state index in [-0.39, 0.29) is 0 Å². The van der Waals surface area contributed by atoms with Gasteiger partial charge in [0.05, 0.1) is 16.6 Å². The molecule has 0 N–H and O–H groups in total. The molecule has 0 aliphatic carbocycles. The second kappa shape index (κ2) is 8.97. The normalized spacial score (nSPS) is 11.7. The maximum absolute atomic E-state index is 10.0. The van der Waals surface area contributed by atoms with Gasteiger partial charge in [-0.15, -0.1) is 0 Å². The molecule has 2 heterocycles. The number of fused-ring (bicyclic) bond motifs is 9. The van der Waals surface area contributed by atoms with Gasteiger partial charge in [-0.05, 0) is 73.8 Å². The molecule has 0 saturated carbocycles. The van der Waals surface area contributed by atoms with Crippen molar-refractivity contribution in [3.63, 3.8) is 0 Å². The van der Waals surface area contributed by atoms with Gasteiger partial charge in [-0.25, -0.2) is 9.97 Å². The summed E-state index contributed by atoms with van der Waals surface area (Å²) in [6.07, 6.45) is 0. The molecule has 0 spiro atoms. The minimum atomic E-state index is 0.369. The summed E-state index contributed by atoms with van der Waals surface area (Å²) in [5.74, 6) is 0.493. The summed E-state index contributed by atoms with van der Waals surface area (Å²) in [5, 5.41) is 20.3. The number of hydrogen-bond donors (Lipinski definition) is 0. The highest BCUT2D eigenvalue weighted by Gasteiger charge is 2.20. The molecule has 0 atom stereocenters. The Morgan fingerprint density at radius 3 is 2.00 bits per heavy atom. The third-order valence-corrected chi connectivity index (χ3v) is 8.63. The van der Waals surface area contributed by atoms with Crippen molar-refractivity contribution >= 4 is 65.0 Å². The monoisotopic (exact) mass is 546 g/mol. The number of benzene rings is 7. The van der Waals surface area contributed by atoms with E-state index < -0.39 is 0 Å². The van der Waals surface area contributed by atoms with Crippen LogP contribution >= 0.6 is 0 Å². The lowest BCUT2D eigenvalue weighted by atomic mass is 9.92. The third-order valence-electron chi connectivity index (χ3n) is 8.63. The number of hydrogen-bond acceptors (Lipinski definition) is 3. The lowest BCUT2D eigenvalue weighted by molar-refractivity contribution is 1.00. The average molecular weight is 547 g/mol. The van der Waals surface area contributed by atoms with Crippen LogP contribution < -0.4 is 0 Å². The Balaban J connectivity index is 1.42. The van der Waals surface area contributed by atoms with Crippen LogP contribution in [0.5, 0.6) is 0 Å². The van der Waals surface area contributed by atoms with E-state index in [4.69, 9.17) is 9.97 Å². The maximum atomic E-state index is 10.0. The summed E-state index contributed by atoms with van der Waals surface area (Å²) >= 11 is 0. The molecule has 0 bridgehead atoms. The van der Waals surface area contributed by atoms with Crippen LogP contribution in [0.25, 0.3) is 82.1 Å². The Labute approximate surface area is 246 Å². The molecule has 0 amide bonds. The number of nitrogens with zero attached hydrogens (tertiary/aromatic N) is 4. The molecule has 0 aliphatic rings. The minimum Gasteiger partial charge on any atom is -0.278 e. The number of rotatable bonds is 2. The highest BCUT2D eigenvalue weighted by atomic mass is 15.2. The Morgan fingerprint density at radius 2 is 1.16 bits per heavy atom. The molecule has 7 aromatic carbocycles. The van der Waals surface area contributed by atoms with Gasteiger partial charge in [0, 0.05) is 16.2 Å². The fraction of sp³-hybridized carbons (Fsp3) is 0. The number of para-hydroxylation sites is 2. The molecule has 0 unspecified atom stereocenters. The molecule has 2 aromatic heterocycles. The van der Waals surface area contributed by atoms with E-state index in [0.29, 0.717) is 11.6 Å². The van der Waals surface area contributed by atoms with Crippen molar-refractivity contribution in [1.82, 2.24) is 14.5 Å². The van der Waals surface area contributed by atoms with Gasteiger partial charge >= 0.3 is 0 Å². The minimum absolute atomic E-state index is 0.369. The summed E-state index contributed by atoms with van der Waals surface area (Å²) in [7, 11) is 0. The molecule has 4 nitrogen and oxygen atoms in total. The van der Waals surface area contributed by atoms with Crippen LogP contribution in [0, 0.1) is 11.3 Å². The highest BCUT2D eigenvalue weighted by molar-refractivity contribution is 6.24. The largest absolute Gasteiger partial charge is 0.278 e. The first-order chi connectivity index (χ1) is 21.3. The van der Waals surface area contributed by atoms with Crippen molar-refractivity contribution in [2.45, 2.75) is 0 Å². The van der Waals surface area contributed by atoms with Crippen LogP contribution in [-0.4, -0.2) is 14.5 Å². The summed E-state index contributed by atoms with van der Waals surface area (Å²) < 4.78 is 2.12. The molecule has 0 saturated heterocycles. The predicted octanol–water partition coefficient (Wildman–Crippen LogP) is 9.73. The molecule has 0 aliphatic heterocycles. The average Bonchev–Trinajstić information content (AvgIpc) is 3.41. The number of nitriles is 1. The topological polar surface area (TPSA) is 54.5 Å². The first kappa shape index (κ1) is 23.6. The molecule has 9 rings (SSSR count). The van der Waals surface area contributed by atoms with Gasteiger partial charge in [0.15, 0.2) is 5.69 Å². The van der Waals surface area contributed by atoms with Crippen molar-refractivity contribution in [2.75, 3.05) is 0 Å². The summed E-state index contributed by atoms with van der Waals surface area (Å²) in [6, 6.07) is 49.0. The van der Waals surface area contributed by atoms with Crippen LogP contribution in [0.1, 0.15) is 5.69 Å². The zero-order valence-electron chi connectivity index (χ0n) is 23.0. The van der Waals surface area contributed by atoms with E-state index in [1.54, 1.807) is 0 Å². The lowest BCUT2D eigenvalue weighted by Crippen LogP contribution is -2.03. The van der Waals surface area contributed by atoms with Gasteiger partial charge in [0.25, 0.3) is 0 Å². The Hall–Kier alpha value is -6.05. The van der Waals surface area contributed by atoms with Gasteiger partial charge in [-0.3, -0.25) is 4.57 Å². The molecule has 43 heavy (non-hydrogen) atoms.